The Morgan fingerprint density at radius 1 is 1.53 bits per heavy atom. The Morgan fingerprint density at radius 2 is 2.26 bits per heavy atom. The molecule has 1 aliphatic heterocycles. The maximum absolute atomic E-state index is 13.5. The zero-order valence-corrected chi connectivity index (χ0v) is 12.3. The van der Waals surface area contributed by atoms with E-state index in [1.807, 2.05) is 0 Å². The lowest BCUT2D eigenvalue weighted by Crippen LogP contribution is -2.30. The second-order valence-electron chi connectivity index (χ2n) is 4.61. The normalized spacial score (nSPS) is 19.8. The van der Waals surface area contributed by atoms with Crippen LogP contribution in [0.5, 0.6) is 0 Å². The Bertz CT molecular complexity index is 546. The van der Waals surface area contributed by atoms with E-state index < -0.39 is 15.8 Å². The van der Waals surface area contributed by atoms with E-state index in [1.54, 1.807) is 11.8 Å². The monoisotopic (exact) mass is 304 g/mol. The number of thioether (sulfide) groups is 1. The highest BCUT2D eigenvalue weighted by Gasteiger charge is 2.21. The molecule has 106 valence electrons. The molecule has 0 aliphatic carbocycles. The fraction of sp³-hybridized carbons (Fsp3) is 0.500. The minimum absolute atomic E-state index is 0.115. The number of nitrogens with one attached hydrogen (secondary N) is 1. The van der Waals surface area contributed by atoms with Crippen LogP contribution in [-0.4, -0.2) is 26.0 Å². The fourth-order valence-corrected chi connectivity index (χ4v) is 4.36. The summed E-state index contributed by atoms with van der Waals surface area (Å²) in [5.41, 5.74) is 6.02. The van der Waals surface area contributed by atoms with Crippen LogP contribution in [0.3, 0.4) is 0 Å². The van der Waals surface area contributed by atoms with Crippen LogP contribution in [0.4, 0.5) is 10.1 Å². The van der Waals surface area contributed by atoms with Crippen LogP contribution in [0.25, 0.3) is 0 Å². The van der Waals surface area contributed by atoms with Crippen molar-refractivity contribution in [3.05, 3.63) is 23.5 Å². The molecule has 1 saturated heterocycles. The van der Waals surface area contributed by atoms with Crippen molar-refractivity contribution in [2.24, 2.45) is 0 Å². The Hall–Kier alpha value is -0.790. The lowest BCUT2D eigenvalue weighted by molar-refractivity contribution is 0.574. The van der Waals surface area contributed by atoms with Crippen molar-refractivity contribution < 1.29 is 12.8 Å². The van der Waals surface area contributed by atoms with Gasteiger partial charge in [0.05, 0.1) is 4.90 Å². The first-order chi connectivity index (χ1) is 8.90. The number of anilines is 1. The van der Waals surface area contributed by atoms with Crippen molar-refractivity contribution in [1.82, 2.24) is 4.72 Å². The van der Waals surface area contributed by atoms with E-state index in [2.05, 4.69) is 4.72 Å². The summed E-state index contributed by atoms with van der Waals surface area (Å²) >= 11 is 1.76. The van der Waals surface area contributed by atoms with E-state index in [-0.39, 0.29) is 16.1 Å². The number of nitrogen functional groups attached to an aromatic ring is 1. The van der Waals surface area contributed by atoms with Crippen molar-refractivity contribution in [1.29, 1.82) is 0 Å². The van der Waals surface area contributed by atoms with Crippen LogP contribution in [0.15, 0.2) is 17.0 Å². The summed E-state index contributed by atoms with van der Waals surface area (Å²) in [4.78, 5) is -0.115. The van der Waals surface area contributed by atoms with Crippen LogP contribution < -0.4 is 10.5 Å². The van der Waals surface area contributed by atoms with Crippen LogP contribution in [-0.2, 0) is 10.0 Å². The minimum Gasteiger partial charge on any atom is -0.398 e. The summed E-state index contributed by atoms with van der Waals surface area (Å²) in [6.07, 6.45) is 2.13. The van der Waals surface area contributed by atoms with Gasteiger partial charge >= 0.3 is 0 Å². The van der Waals surface area contributed by atoms with E-state index >= 15 is 0 Å². The van der Waals surface area contributed by atoms with Gasteiger partial charge in [-0.2, -0.15) is 11.8 Å². The maximum atomic E-state index is 13.5. The van der Waals surface area contributed by atoms with Crippen molar-refractivity contribution in [3.8, 4) is 0 Å². The summed E-state index contributed by atoms with van der Waals surface area (Å²) in [6, 6.07) is 2.30. The van der Waals surface area contributed by atoms with E-state index in [9.17, 15) is 12.8 Å². The van der Waals surface area contributed by atoms with E-state index in [4.69, 9.17) is 5.73 Å². The summed E-state index contributed by atoms with van der Waals surface area (Å²) in [7, 11) is -3.69. The van der Waals surface area contributed by atoms with Gasteiger partial charge in [-0.15, -0.1) is 0 Å². The molecule has 0 radical (unpaired) electrons. The number of hydrogen-bond acceptors (Lipinski definition) is 4. The third-order valence-electron chi connectivity index (χ3n) is 3.19. The Labute approximate surface area is 117 Å². The molecule has 1 atom stereocenters. The second kappa shape index (κ2) is 5.68. The highest BCUT2D eigenvalue weighted by Crippen LogP contribution is 2.26. The second-order valence-corrected chi connectivity index (χ2v) is 7.78. The largest absolute Gasteiger partial charge is 0.398 e. The molecule has 0 spiro atoms. The quantitative estimate of drug-likeness (QED) is 0.833. The Balaban J connectivity index is 2.14. The first kappa shape index (κ1) is 14.6. The highest BCUT2D eigenvalue weighted by atomic mass is 32.2. The maximum Gasteiger partial charge on any atom is 0.240 e. The molecule has 1 unspecified atom stereocenters. The van der Waals surface area contributed by atoms with Gasteiger partial charge in [-0.25, -0.2) is 17.5 Å². The molecule has 1 aliphatic rings. The topological polar surface area (TPSA) is 72.2 Å². The molecule has 3 N–H and O–H groups in total. The van der Waals surface area contributed by atoms with Crippen LogP contribution >= 0.6 is 11.8 Å². The number of halogens is 1. The molecule has 1 aromatic carbocycles. The summed E-state index contributed by atoms with van der Waals surface area (Å²) in [5, 5.41) is 0.308. The molecule has 0 saturated carbocycles. The molecule has 1 aromatic rings. The van der Waals surface area contributed by atoms with Gasteiger partial charge < -0.3 is 5.73 Å². The first-order valence-corrected chi connectivity index (χ1v) is 8.60. The number of hydrogen-bond donors (Lipinski definition) is 2. The average Bonchev–Trinajstić information content (AvgIpc) is 2.86. The van der Waals surface area contributed by atoms with Gasteiger partial charge in [-0.3, -0.25) is 0 Å². The van der Waals surface area contributed by atoms with Crippen molar-refractivity contribution in [2.45, 2.75) is 29.9 Å². The average molecular weight is 304 g/mol. The zero-order valence-electron chi connectivity index (χ0n) is 10.6. The van der Waals surface area contributed by atoms with Gasteiger partial charge in [-0.05, 0) is 37.7 Å². The molecular weight excluding hydrogens is 287 g/mol. The predicted molar refractivity (Wildman–Crippen MR) is 76.2 cm³/mol. The predicted octanol–water partition coefficient (Wildman–Crippen LogP) is 1.89. The molecule has 1 fully saturated rings. The molecule has 0 amide bonds. The lowest BCUT2D eigenvalue weighted by atomic mass is 10.2. The lowest BCUT2D eigenvalue weighted by Gasteiger charge is -2.12. The van der Waals surface area contributed by atoms with Gasteiger partial charge in [0, 0.05) is 23.0 Å². The molecule has 4 nitrogen and oxygen atoms in total. The molecule has 7 heteroatoms. The molecule has 0 bridgehead atoms. The van der Waals surface area contributed by atoms with Gasteiger partial charge in [0.2, 0.25) is 10.0 Å². The molecular formula is C12H17FN2O2S2. The minimum atomic E-state index is -3.69. The molecule has 2 rings (SSSR count). The zero-order chi connectivity index (χ0) is 14.0. The van der Waals surface area contributed by atoms with Crippen LogP contribution in [0.2, 0.25) is 0 Å². The number of sulfonamides is 1. The number of rotatable bonds is 4. The van der Waals surface area contributed by atoms with Gasteiger partial charge in [0.1, 0.15) is 5.82 Å². The molecule has 1 heterocycles. The Morgan fingerprint density at radius 3 is 2.84 bits per heavy atom. The highest BCUT2D eigenvalue weighted by molar-refractivity contribution is 8.00. The van der Waals surface area contributed by atoms with E-state index in [0.29, 0.717) is 11.8 Å². The Kier molecular flexibility index (Phi) is 4.37. The summed E-state index contributed by atoms with van der Waals surface area (Å²) in [5.74, 6) is 0.467. The number of nitrogens with two attached hydrogens (primary N) is 1. The standard InChI is InChI=1S/C12H17FN2O2S2/c1-8-11(13)5-10(6-12(8)14)19(16,17)15-7-9-3-2-4-18-9/h5-6,9,15H,2-4,7,14H2,1H3. The smallest absolute Gasteiger partial charge is 0.240 e. The van der Waals surface area contributed by atoms with E-state index in [0.717, 1.165) is 24.7 Å². The summed E-state index contributed by atoms with van der Waals surface area (Å²) < 4.78 is 40.2. The third kappa shape index (κ3) is 3.40. The number of benzene rings is 1. The first-order valence-electron chi connectivity index (χ1n) is 6.07. The fourth-order valence-electron chi connectivity index (χ4n) is 1.92. The van der Waals surface area contributed by atoms with Crippen molar-refractivity contribution in [3.63, 3.8) is 0 Å². The molecule has 0 aromatic heterocycles. The van der Waals surface area contributed by atoms with Gasteiger partial charge in [0.25, 0.3) is 0 Å². The third-order valence-corrected chi connectivity index (χ3v) is 5.99. The van der Waals surface area contributed by atoms with Crippen LogP contribution in [0.1, 0.15) is 18.4 Å². The SMILES string of the molecule is Cc1c(N)cc(S(=O)(=O)NCC2CCCS2)cc1F. The van der Waals surface area contributed by atoms with Crippen LogP contribution in [0, 0.1) is 12.7 Å². The van der Waals surface area contributed by atoms with Crippen molar-refractivity contribution in [2.75, 3.05) is 18.0 Å². The van der Waals surface area contributed by atoms with E-state index in [1.165, 1.54) is 13.0 Å². The van der Waals surface area contributed by atoms with Crippen molar-refractivity contribution >= 4 is 27.5 Å². The van der Waals surface area contributed by atoms with Gasteiger partial charge in [0.15, 0.2) is 0 Å². The van der Waals surface area contributed by atoms with Gasteiger partial charge in [-0.1, -0.05) is 0 Å². The summed E-state index contributed by atoms with van der Waals surface area (Å²) in [6.45, 7) is 1.89. The molecule has 19 heavy (non-hydrogen) atoms.